The number of carbonyl (C=O) groups excluding carboxylic acids is 2. The molecule has 0 amide bonds. The van der Waals surface area contributed by atoms with Crippen molar-refractivity contribution in [3.63, 3.8) is 0 Å². The molecular formula is C21H22ClNO5S. The number of sulfonamides is 1. The quantitative estimate of drug-likeness (QED) is 0.507. The molecule has 6 nitrogen and oxygen atoms in total. The SMILES string of the molecule is CC(OC(=O)c1cc(S(=O)(=O)N2CCCCC2)ccc1Cl)C(=O)c1ccccc1. The van der Waals surface area contributed by atoms with Crippen molar-refractivity contribution >= 4 is 33.4 Å². The maximum atomic E-state index is 12.9. The smallest absolute Gasteiger partial charge is 0.340 e. The molecule has 8 heteroatoms. The van der Waals surface area contributed by atoms with E-state index in [1.165, 1.54) is 29.4 Å². The first kappa shape index (κ1) is 21.5. The third-order valence-electron chi connectivity index (χ3n) is 4.82. The van der Waals surface area contributed by atoms with Crippen LogP contribution in [0.2, 0.25) is 5.02 Å². The summed E-state index contributed by atoms with van der Waals surface area (Å²) in [4.78, 5) is 25.0. The Kier molecular flexibility index (Phi) is 6.72. The standard InChI is InChI=1S/C21H22ClNO5S/c1-15(20(24)16-8-4-2-5-9-16)28-21(25)18-14-17(10-11-19(18)22)29(26,27)23-12-6-3-7-13-23/h2,4-5,8-11,14-15H,3,6-7,12-13H2,1H3. The molecule has 0 saturated carbocycles. The van der Waals surface area contributed by atoms with Crippen LogP contribution in [0.3, 0.4) is 0 Å². The van der Waals surface area contributed by atoms with Crippen molar-refractivity contribution in [3.05, 3.63) is 64.7 Å². The Balaban J connectivity index is 1.80. The molecule has 1 fully saturated rings. The Morgan fingerprint density at radius 3 is 2.34 bits per heavy atom. The molecule has 29 heavy (non-hydrogen) atoms. The van der Waals surface area contributed by atoms with Crippen molar-refractivity contribution < 1.29 is 22.7 Å². The van der Waals surface area contributed by atoms with Crippen LogP contribution in [0.5, 0.6) is 0 Å². The molecule has 1 aliphatic heterocycles. The van der Waals surface area contributed by atoms with E-state index < -0.39 is 22.1 Å². The van der Waals surface area contributed by atoms with E-state index in [2.05, 4.69) is 0 Å². The van der Waals surface area contributed by atoms with Crippen LogP contribution in [0, 0.1) is 0 Å². The van der Waals surface area contributed by atoms with Gasteiger partial charge in [0.05, 0.1) is 15.5 Å². The van der Waals surface area contributed by atoms with Gasteiger partial charge in [-0.15, -0.1) is 0 Å². The average molecular weight is 436 g/mol. The van der Waals surface area contributed by atoms with Crippen molar-refractivity contribution in [3.8, 4) is 0 Å². The fourth-order valence-corrected chi connectivity index (χ4v) is 4.93. The summed E-state index contributed by atoms with van der Waals surface area (Å²) in [7, 11) is -3.72. The normalized spacial score (nSPS) is 16.2. The lowest BCUT2D eigenvalue weighted by Gasteiger charge is -2.26. The maximum Gasteiger partial charge on any atom is 0.340 e. The maximum absolute atomic E-state index is 12.9. The molecule has 0 aliphatic carbocycles. The van der Waals surface area contributed by atoms with Crippen molar-refractivity contribution in [2.24, 2.45) is 0 Å². The Hall–Kier alpha value is -2.22. The molecule has 1 saturated heterocycles. The van der Waals surface area contributed by atoms with Crippen molar-refractivity contribution in [2.75, 3.05) is 13.1 Å². The van der Waals surface area contributed by atoms with Crippen LogP contribution in [-0.2, 0) is 14.8 Å². The summed E-state index contributed by atoms with van der Waals surface area (Å²) in [6.45, 7) is 2.37. The van der Waals surface area contributed by atoms with Gasteiger partial charge in [0, 0.05) is 18.7 Å². The van der Waals surface area contributed by atoms with E-state index in [1.807, 2.05) is 0 Å². The highest BCUT2D eigenvalue weighted by Crippen LogP contribution is 2.26. The van der Waals surface area contributed by atoms with Gasteiger partial charge in [0.15, 0.2) is 6.10 Å². The third-order valence-corrected chi connectivity index (χ3v) is 7.05. The molecule has 0 aromatic heterocycles. The second-order valence-electron chi connectivity index (χ2n) is 6.88. The van der Waals surface area contributed by atoms with E-state index in [0.717, 1.165) is 19.3 Å². The number of carbonyl (C=O) groups is 2. The van der Waals surface area contributed by atoms with Gasteiger partial charge in [0.25, 0.3) is 0 Å². The van der Waals surface area contributed by atoms with Crippen molar-refractivity contribution in [2.45, 2.75) is 37.2 Å². The molecule has 1 atom stereocenters. The van der Waals surface area contributed by atoms with Gasteiger partial charge in [-0.1, -0.05) is 48.4 Å². The number of piperidine rings is 1. The van der Waals surface area contributed by atoms with Crippen LogP contribution >= 0.6 is 11.6 Å². The third kappa shape index (κ3) is 4.86. The molecule has 0 bridgehead atoms. The number of rotatable bonds is 6. The average Bonchev–Trinajstić information content (AvgIpc) is 2.74. The van der Waals surface area contributed by atoms with Gasteiger partial charge < -0.3 is 4.74 Å². The number of ketones is 1. The van der Waals surface area contributed by atoms with E-state index in [4.69, 9.17) is 16.3 Å². The first-order valence-electron chi connectivity index (χ1n) is 9.40. The summed E-state index contributed by atoms with van der Waals surface area (Å²) in [5.41, 5.74) is 0.331. The van der Waals surface area contributed by atoms with Gasteiger partial charge in [-0.25, -0.2) is 13.2 Å². The van der Waals surface area contributed by atoms with E-state index in [9.17, 15) is 18.0 Å². The fraction of sp³-hybridized carbons (Fsp3) is 0.333. The molecular weight excluding hydrogens is 414 g/mol. The minimum atomic E-state index is -3.72. The zero-order valence-corrected chi connectivity index (χ0v) is 17.6. The molecule has 0 N–H and O–H groups in total. The van der Waals surface area contributed by atoms with E-state index >= 15 is 0 Å². The predicted molar refractivity (Wildman–Crippen MR) is 110 cm³/mol. The van der Waals surface area contributed by atoms with Gasteiger partial charge in [0.2, 0.25) is 15.8 Å². The summed E-state index contributed by atoms with van der Waals surface area (Å²) >= 11 is 6.11. The van der Waals surface area contributed by atoms with Crippen LogP contribution in [0.4, 0.5) is 0 Å². The summed E-state index contributed by atoms with van der Waals surface area (Å²) < 4.78 is 32.4. The number of hydrogen-bond acceptors (Lipinski definition) is 5. The van der Waals surface area contributed by atoms with Crippen LogP contribution < -0.4 is 0 Å². The largest absolute Gasteiger partial charge is 0.451 e. The predicted octanol–water partition coefficient (Wildman–Crippen LogP) is 3.94. The lowest BCUT2D eigenvalue weighted by Crippen LogP contribution is -2.35. The first-order chi connectivity index (χ1) is 13.8. The number of esters is 1. The van der Waals surface area contributed by atoms with Crippen molar-refractivity contribution in [1.29, 1.82) is 0 Å². The second-order valence-corrected chi connectivity index (χ2v) is 9.23. The summed E-state index contributed by atoms with van der Waals surface area (Å²) in [6, 6.07) is 12.4. The highest BCUT2D eigenvalue weighted by atomic mass is 35.5. The van der Waals surface area contributed by atoms with E-state index in [0.29, 0.717) is 18.7 Å². The molecule has 154 valence electrons. The topological polar surface area (TPSA) is 80.8 Å². The molecule has 1 aliphatic rings. The minimum absolute atomic E-state index is 0.0159. The highest BCUT2D eigenvalue weighted by Gasteiger charge is 2.28. The van der Waals surface area contributed by atoms with Gasteiger partial charge in [-0.3, -0.25) is 4.79 Å². The summed E-state index contributed by atoms with van der Waals surface area (Å²) in [5, 5.41) is 0.0620. The minimum Gasteiger partial charge on any atom is -0.451 e. The van der Waals surface area contributed by atoms with Crippen LogP contribution in [0.15, 0.2) is 53.4 Å². The second kappa shape index (κ2) is 9.07. The Morgan fingerprint density at radius 2 is 1.69 bits per heavy atom. The fourth-order valence-electron chi connectivity index (χ4n) is 3.19. The van der Waals surface area contributed by atoms with E-state index in [-0.39, 0.29) is 21.3 Å². The molecule has 1 unspecified atom stereocenters. The number of benzene rings is 2. The number of ether oxygens (including phenoxy) is 1. The summed E-state index contributed by atoms with van der Waals surface area (Å²) in [5.74, 6) is -1.20. The molecule has 0 radical (unpaired) electrons. The van der Waals surface area contributed by atoms with Gasteiger partial charge in [-0.2, -0.15) is 4.31 Å². The summed E-state index contributed by atoms with van der Waals surface area (Å²) in [6.07, 6.45) is 1.57. The first-order valence-corrected chi connectivity index (χ1v) is 11.2. The monoisotopic (exact) mass is 435 g/mol. The molecule has 2 aromatic rings. The molecule has 1 heterocycles. The van der Waals surface area contributed by atoms with E-state index in [1.54, 1.807) is 30.3 Å². The number of halogens is 1. The Bertz CT molecular complexity index is 1000. The molecule has 0 spiro atoms. The highest BCUT2D eigenvalue weighted by molar-refractivity contribution is 7.89. The lowest BCUT2D eigenvalue weighted by atomic mass is 10.1. The number of hydrogen-bond donors (Lipinski definition) is 0. The Morgan fingerprint density at radius 1 is 1.03 bits per heavy atom. The van der Waals surface area contributed by atoms with Crippen LogP contribution in [-0.4, -0.2) is 43.7 Å². The van der Waals surface area contributed by atoms with Gasteiger partial charge in [0.1, 0.15) is 0 Å². The molecule has 2 aromatic carbocycles. The van der Waals surface area contributed by atoms with Crippen LogP contribution in [0.25, 0.3) is 0 Å². The van der Waals surface area contributed by atoms with Crippen molar-refractivity contribution in [1.82, 2.24) is 4.31 Å². The number of nitrogens with zero attached hydrogens (tertiary/aromatic N) is 1. The van der Waals surface area contributed by atoms with Gasteiger partial charge in [-0.05, 0) is 38.0 Å². The Labute approximate surface area is 175 Å². The molecule has 3 rings (SSSR count). The van der Waals surface area contributed by atoms with Crippen LogP contribution in [0.1, 0.15) is 46.9 Å². The lowest BCUT2D eigenvalue weighted by molar-refractivity contribution is 0.0318. The zero-order chi connectivity index (χ0) is 21.0. The number of Topliss-reactive ketones (excluding diaryl/α,β-unsaturated/α-hetero) is 1. The van der Waals surface area contributed by atoms with Gasteiger partial charge >= 0.3 is 5.97 Å². The zero-order valence-electron chi connectivity index (χ0n) is 16.0.